The Balaban J connectivity index is 1.34. The van der Waals surface area contributed by atoms with Crippen molar-refractivity contribution in [3.05, 3.63) is 112 Å². The molecule has 0 aliphatic heterocycles. The van der Waals surface area contributed by atoms with Gasteiger partial charge in [-0.25, -0.2) is 23.5 Å². The van der Waals surface area contributed by atoms with Crippen LogP contribution in [0.15, 0.2) is 78.8 Å². The number of likely N-dealkylation sites (N-methyl/N-ethyl adjacent to an activating group) is 1. The van der Waals surface area contributed by atoms with Crippen LogP contribution in [0.3, 0.4) is 0 Å². The lowest BCUT2D eigenvalue weighted by molar-refractivity contribution is -0.753. The first-order valence-corrected chi connectivity index (χ1v) is 18.5. The Hall–Kier alpha value is -5.65. The Labute approximate surface area is 327 Å². The van der Waals surface area contributed by atoms with Crippen molar-refractivity contribution in [3.8, 4) is 11.3 Å². The first-order valence-electron chi connectivity index (χ1n) is 17.6. The van der Waals surface area contributed by atoms with Crippen LogP contribution in [0.5, 0.6) is 0 Å². The molecule has 1 amide bonds. The molecule has 3 N–H and O–H groups in total. The predicted molar refractivity (Wildman–Crippen MR) is 204 cm³/mol. The van der Waals surface area contributed by atoms with Gasteiger partial charge < -0.3 is 24.6 Å². The zero-order valence-electron chi connectivity index (χ0n) is 32.1. The van der Waals surface area contributed by atoms with E-state index in [1.807, 2.05) is 32.9 Å². The summed E-state index contributed by atoms with van der Waals surface area (Å²) in [6, 6.07) is 13.4. The average Bonchev–Trinajstić information content (AvgIpc) is 3.84. The molecule has 5 rings (SSSR count). The fourth-order valence-electron chi connectivity index (χ4n) is 5.69. The number of nitrogens with zero attached hydrogens (tertiary/aromatic N) is 6. The zero-order chi connectivity index (χ0) is 40.8. The van der Waals surface area contributed by atoms with Gasteiger partial charge in [0.2, 0.25) is 18.5 Å². The molecule has 3 atom stereocenters. The highest BCUT2D eigenvalue weighted by atomic mass is 32.1. The maximum absolute atomic E-state index is 15.5. The summed E-state index contributed by atoms with van der Waals surface area (Å²) in [4.78, 5) is 35.3. The van der Waals surface area contributed by atoms with Gasteiger partial charge in [0.25, 0.3) is 6.33 Å². The summed E-state index contributed by atoms with van der Waals surface area (Å²) in [7, 11) is 3.09. The number of hydrogen-bond acceptors (Lipinski definition) is 12. The van der Waals surface area contributed by atoms with Gasteiger partial charge in [-0.2, -0.15) is 4.57 Å². The minimum atomic E-state index is -2.06. The molecular weight excluding hydrogens is 747 g/mol. The highest BCUT2D eigenvalue weighted by Crippen LogP contribution is 2.41. The molecule has 0 fully saturated rings. The number of amides is 1. The Morgan fingerprint density at radius 3 is 2.55 bits per heavy atom. The summed E-state index contributed by atoms with van der Waals surface area (Å²) in [6.07, 6.45) is 2.65. The number of carbonyl (C=O) groups excluding carboxylic acids is 2. The second kappa shape index (κ2) is 17.4. The first kappa shape index (κ1) is 41.5. The molecule has 56 heavy (non-hydrogen) atoms. The number of thiazole rings is 1. The van der Waals surface area contributed by atoms with Crippen molar-refractivity contribution in [2.75, 3.05) is 25.5 Å². The van der Waals surface area contributed by atoms with Crippen molar-refractivity contribution < 1.29 is 42.3 Å². The maximum Gasteiger partial charge on any atom is 0.418 e. The van der Waals surface area contributed by atoms with E-state index in [2.05, 4.69) is 15.4 Å². The second-order valence-electron chi connectivity index (χ2n) is 14.1. The van der Waals surface area contributed by atoms with Gasteiger partial charge in [0.05, 0.1) is 17.2 Å². The van der Waals surface area contributed by atoms with E-state index in [4.69, 9.17) is 24.6 Å². The third-order valence-corrected chi connectivity index (χ3v) is 9.75. The monoisotopic (exact) mass is 791 g/mol. The van der Waals surface area contributed by atoms with E-state index in [1.165, 1.54) is 51.4 Å². The van der Waals surface area contributed by atoms with Gasteiger partial charge in [-0.05, 0) is 64.2 Å². The van der Waals surface area contributed by atoms with Crippen LogP contribution >= 0.6 is 11.3 Å². The molecule has 0 aliphatic carbocycles. The molecule has 14 nitrogen and oxygen atoms in total. The SMILES string of the molecule is CNCC(=O)OCc1cccnc1N(C)C(=O)OC(C)[n+]1cnn(C[C@@](O)(c2cc(F)ccc2F)[C@@H](C)c2nc(-c3ccc(C(=N)OC(C)(C)C)cc3)cs2)c1. The third kappa shape index (κ3) is 9.96. The highest BCUT2D eigenvalue weighted by Gasteiger charge is 2.43. The summed E-state index contributed by atoms with van der Waals surface area (Å²) < 4.78 is 49.5. The summed E-state index contributed by atoms with van der Waals surface area (Å²) in [5.74, 6) is -2.62. The highest BCUT2D eigenvalue weighted by molar-refractivity contribution is 7.10. The maximum atomic E-state index is 15.5. The Morgan fingerprint density at radius 2 is 1.86 bits per heavy atom. The number of halogens is 2. The van der Waals surface area contributed by atoms with E-state index < -0.39 is 47.0 Å². The molecule has 5 aromatic rings. The van der Waals surface area contributed by atoms with E-state index in [0.717, 1.165) is 23.8 Å². The van der Waals surface area contributed by atoms with Crippen LogP contribution in [0.2, 0.25) is 0 Å². The van der Waals surface area contributed by atoms with E-state index in [9.17, 15) is 19.1 Å². The van der Waals surface area contributed by atoms with Gasteiger partial charge in [0.15, 0.2) is 0 Å². The average molecular weight is 792 g/mol. The van der Waals surface area contributed by atoms with E-state index in [1.54, 1.807) is 50.5 Å². The van der Waals surface area contributed by atoms with Crippen LogP contribution in [-0.2, 0) is 37.8 Å². The lowest BCUT2D eigenvalue weighted by Crippen LogP contribution is -2.42. The van der Waals surface area contributed by atoms with E-state index >= 15 is 4.39 Å². The molecule has 296 valence electrons. The standard InChI is InChI=1S/C39H45F2N8O6S/c1-24(36-46-32(20-56-36)26-10-12-27(13-11-26)34(42)55-38(3,4)5)39(52,30-17-29(40)14-15-31(30)41)21-49-23-48(22-45-49)25(2)54-37(51)47(7)35-28(9-8-16-44-35)19-53-33(50)18-43-6/h8-17,20,22-25,42-43,52H,18-19,21H2,1-7H3/q+1/t24-,25?,39-/m0/s1. The van der Waals surface area contributed by atoms with Crippen molar-refractivity contribution in [2.45, 2.75) is 71.1 Å². The van der Waals surface area contributed by atoms with Crippen LogP contribution in [0.1, 0.15) is 68.5 Å². The van der Waals surface area contributed by atoms with Crippen molar-refractivity contribution in [3.63, 3.8) is 0 Å². The molecule has 17 heteroatoms. The molecule has 0 aliphatic rings. The van der Waals surface area contributed by atoms with Crippen LogP contribution in [-0.4, -0.2) is 69.1 Å². The number of benzene rings is 2. The number of aliphatic hydroxyl groups is 1. The number of ether oxygens (including phenoxy) is 3. The number of hydrogen-bond donors (Lipinski definition) is 3. The van der Waals surface area contributed by atoms with Crippen LogP contribution in [0.25, 0.3) is 11.3 Å². The molecule has 1 unspecified atom stereocenters. The number of pyridine rings is 1. The number of carbonyl (C=O) groups is 2. The van der Waals surface area contributed by atoms with Crippen LogP contribution < -0.4 is 14.8 Å². The van der Waals surface area contributed by atoms with Gasteiger partial charge in [0, 0.05) is 58.8 Å². The van der Waals surface area contributed by atoms with Gasteiger partial charge >= 0.3 is 12.1 Å². The second-order valence-corrected chi connectivity index (χ2v) is 15.0. The molecule has 0 bridgehead atoms. The molecule has 0 radical (unpaired) electrons. The lowest BCUT2D eigenvalue weighted by atomic mass is 9.82. The van der Waals surface area contributed by atoms with Crippen LogP contribution in [0, 0.1) is 17.0 Å². The normalized spacial score (nSPS) is 13.7. The van der Waals surface area contributed by atoms with Gasteiger partial charge in [-0.15, -0.1) is 16.0 Å². The smallest absolute Gasteiger partial charge is 0.418 e. The Bertz CT molecular complexity index is 2170. The fraction of sp³-hybridized carbons (Fsp3) is 0.359. The lowest BCUT2D eigenvalue weighted by Gasteiger charge is -2.32. The summed E-state index contributed by atoms with van der Waals surface area (Å²) in [5, 5.41) is 30.0. The van der Waals surface area contributed by atoms with Crippen molar-refractivity contribution in [1.29, 1.82) is 5.41 Å². The molecule has 0 saturated heterocycles. The molecule has 0 saturated carbocycles. The van der Waals surface area contributed by atoms with Crippen molar-refractivity contribution in [1.82, 2.24) is 25.1 Å². The fourth-order valence-corrected chi connectivity index (χ4v) is 6.66. The van der Waals surface area contributed by atoms with Gasteiger partial charge in [-0.3, -0.25) is 15.1 Å². The van der Waals surface area contributed by atoms with Gasteiger partial charge in [-0.1, -0.05) is 25.1 Å². The predicted octanol–water partition coefficient (Wildman–Crippen LogP) is 5.85. The summed E-state index contributed by atoms with van der Waals surface area (Å²) >= 11 is 1.25. The topological polar surface area (TPSA) is 169 Å². The molecular formula is C39H45F2N8O6S+. The minimum Gasteiger partial charge on any atom is -0.472 e. The third-order valence-electron chi connectivity index (χ3n) is 8.72. The Morgan fingerprint density at radius 1 is 1.12 bits per heavy atom. The zero-order valence-corrected chi connectivity index (χ0v) is 32.9. The van der Waals surface area contributed by atoms with E-state index in [0.29, 0.717) is 21.8 Å². The van der Waals surface area contributed by atoms with Gasteiger partial charge in [0.1, 0.15) is 41.8 Å². The van der Waals surface area contributed by atoms with Crippen LogP contribution in [0.4, 0.5) is 19.4 Å². The Kier molecular flexibility index (Phi) is 12.9. The van der Waals surface area contributed by atoms with Crippen molar-refractivity contribution >= 4 is 35.1 Å². The number of aromatic nitrogens is 5. The molecule has 2 aromatic carbocycles. The summed E-state index contributed by atoms with van der Waals surface area (Å²) in [6.45, 7) is 8.45. The van der Waals surface area contributed by atoms with E-state index in [-0.39, 0.29) is 37.0 Å². The molecule has 0 spiro atoms. The largest absolute Gasteiger partial charge is 0.472 e. The number of rotatable bonds is 14. The minimum absolute atomic E-state index is 0.0211. The van der Waals surface area contributed by atoms with Crippen molar-refractivity contribution in [2.24, 2.45) is 0 Å². The molecule has 3 aromatic heterocycles. The first-order chi connectivity index (χ1) is 26.5. The number of esters is 1. The summed E-state index contributed by atoms with van der Waals surface area (Å²) in [5.41, 5.74) is -0.435. The number of anilines is 1. The molecule has 3 heterocycles. The number of nitrogens with one attached hydrogen (secondary N) is 2. The quantitative estimate of drug-likeness (QED) is 0.0537.